The van der Waals surface area contributed by atoms with Gasteiger partial charge in [0.2, 0.25) is 0 Å². The lowest BCUT2D eigenvalue weighted by atomic mass is 9.96. The zero-order chi connectivity index (χ0) is 15.4. The minimum atomic E-state index is -0.771. The first-order chi connectivity index (χ1) is 10.0. The van der Waals surface area contributed by atoms with Crippen molar-refractivity contribution in [1.82, 2.24) is 10.2 Å². The van der Waals surface area contributed by atoms with E-state index in [9.17, 15) is 9.59 Å². The van der Waals surface area contributed by atoms with Gasteiger partial charge in [0.25, 0.3) is 0 Å². The number of carboxylic acid groups (broad SMARTS) is 1. The van der Waals surface area contributed by atoms with Crippen LogP contribution in [0.2, 0.25) is 0 Å². The van der Waals surface area contributed by atoms with Crippen LogP contribution in [0.3, 0.4) is 0 Å². The van der Waals surface area contributed by atoms with E-state index in [0.29, 0.717) is 26.1 Å². The average molecular weight is 300 g/mol. The molecule has 2 amide bonds. The topological polar surface area (TPSA) is 99.1 Å². The Balaban J connectivity index is 1.82. The number of carbonyl (C=O) groups is 2. The fraction of sp³-hybridized carbons (Fsp3) is 0.857. The lowest BCUT2D eigenvalue weighted by Gasteiger charge is -2.36. The van der Waals surface area contributed by atoms with Gasteiger partial charge in [0, 0.05) is 13.1 Å². The SMILES string of the molecule is CC1CN(C(=O)NCC2CCCC2C(=O)O)CC(CO)O1. The van der Waals surface area contributed by atoms with E-state index in [1.54, 1.807) is 4.90 Å². The number of nitrogens with one attached hydrogen (secondary N) is 1. The first kappa shape index (κ1) is 16.0. The van der Waals surface area contributed by atoms with Gasteiger partial charge in [-0.05, 0) is 25.7 Å². The Labute approximate surface area is 124 Å². The van der Waals surface area contributed by atoms with Gasteiger partial charge < -0.3 is 25.2 Å². The number of aliphatic hydroxyl groups is 1. The average Bonchev–Trinajstić information content (AvgIpc) is 2.92. The highest BCUT2D eigenvalue weighted by atomic mass is 16.5. The number of nitrogens with zero attached hydrogens (tertiary/aromatic N) is 1. The number of hydrogen-bond donors (Lipinski definition) is 3. The Hall–Kier alpha value is -1.34. The Morgan fingerprint density at radius 1 is 1.33 bits per heavy atom. The van der Waals surface area contributed by atoms with Gasteiger partial charge in [0.05, 0.1) is 31.3 Å². The molecule has 7 heteroatoms. The van der Waals surface area contributed by atoms with E-state index < -0.39 is 5.97 Å². The van der Waals surface area contributed by atoms with Crippen molar-refractivity contribution in [2.24, 2.45) is 11.8 Å². The highest BCUT2D eigenvalue weighted by Crippen LogP contribution is 2.31. The number of morpholine rings is 1. The molecule has 1 aliphatic heterocycles. The van der Waals surface area contributed by atoms with E-state index in [-0.39, 0.29) is 36.7 Å². The first-order valence-electron chi connectivity index (χ1n) is 7.53. The van der Waals surface area contributed by atoms with E-state index in [1.807, 2.05) is 6.92 Å². The van der Waals surface area contributed by atoms with Crippen molar-refractivity contribution < 1.29 is 24.5 Å². The summed E-state index contributed by atoms with van der Waals surface area (Å²) in [6, 6.07) is -0.209. The van der Waals surface area contributed by atoms with E-state index >= 15 is 0 Å². The fourth-order valence-electron chi connectivity index (χ4n) is 3.25. The zero-order valence-corrected chi connectivity index (χ0v) is 12.3. The first-order valence-corrected chi connectivity index (χ1v) is 7.53. The highest BCUT2D eigenvalue weighted by molar-refractivity contribution is 5.75. The van der Waals surface area contributed by atoms with Gasteiger partial charge in [-0.15, -0.1) is 0 Å². The molecule has 2 rings (SSSR count). The summed E-state index contributed by atoms with van der Waals surface area (Å²) < 4.78 is 5.49. The molecule has 1 saturated carbocycles. The van der Waals surface area contributed by atoms with Gasteiger partial charge in [0.15, 0.2) is 0 Å². The second-order valence-corrected chi connectivity index (χ2v) is 5.98. The van der Waals surface area contributed by atoms with Crippen molar-refractivity contribution in [2.45, 2.75) is 38.4 Å². The molecule has 2 fully saturated rings. The minimum absolute atomic E-state index is 0.0125. The van der Waals surface area contributed by atoms with Gasteiger partial charge in [-0.3, -0.25) is 4.79 Å². The molecule has 0 radical (unpaired) electrons. The highest BCUT2D eigenvalue weighted by Gasteiger charge is 2.34. The van der Waals surface area contributed by atoms with Gasteiger partial charge in [0.1, 0.15) is 0 Å². The van der Waals surface area contributed by atoms with E-state index in [2.05, 4.69) is 5.32 Å². The monoisotopic (exact) mass is 300 g/mol. The Morgan fingerprint density at radius 2 is 2.10 bits per heavy atom. The number of amides is 2. The van der Waals surface area contributed by atoms with Crippen LogP contribution < -0.4 is 5.32 Å². The molecule has 21 heavy (non-hydrogen) atoms. The maximum atomic E-state index is 12.2. The van der Waals surface area contributed by atoms with Crippen molar-refractivity contribution >= 4 is 12.0 Å². The van der Waals surface area contributed by atoms with Crippen molar-refractivity contribution in [1.29, 1.82) is 0 Å². The molecule has 1 aliphatic carbocycles. The normalized spacial score (nSPS) is 33.0. The molecule has 0 aromatic heterocycles. The summed E-state index contributed by atoms with van der Waals surface area (Å²) in [6.45, 7) is 2.98. The largest absolute Gasteiger partial charge is 0.481 e. The second-order valence-electron chi connectivity index (χ2n) is 5.98. The molecule has 0 aromatic rings. The molecule has 3 N–H and O–H groups in total. The number of aliphatic carboxylic acids is 1. The number of carboxylic acids is 1. The van der Waals surface area contributed by atoms with E-state index in [0.717, 1.165) is 12.8 Å². The summed E-state index contributed by atoms with van der Waals surface area (Å²) >= 11 is 0. The molecule has 0 aromatic carbocycles. The third-order valence-corrected chi connectivity index (χ3v) is 4.31. The Kier molecular flexibility index (Phi) is 5.41. The third kappa shape index (κ3) is 4.07. The Bertz CT molecular complexity index is 390. The number of aliphatic hydroxyl groups excluding tert-OH is 1. The van der Waals surface area contributed by atoms with Crippen LogP contribution in [0, 0.1) is 11.8 Å². The number of urea groups is 1. The van der Waals surface area contributed by atoms with Gasteiger partial charge in [-0.2, -0.15) is 0 Å². The minimum Gasteiger partial charge on any atom is -0.481 e. The van der Waals surface area contributed by atoms with Crippen molar-refractivity contribution in [3.05, 3.63) is 0 Å². The predicted octanol–water partition coefficient (Wildman–Crippen LogP) is 0.279. The van der Waals surface area contributed by atoms with Crippen molar-refractivity contribution in [3.63, 3.8) is 0 Å². The summed E-state index contributed by atoms with van der Waals surface area (Å²) in [5, 5.41) is 21.1. The Morgan fingerprint density at radius 3 is 2.76 bits per heavy atom. The number of carbonyl (C=O) groups excluding carboxylic acids is 1. The zero-order valence-electron chi connectivity index (χ0n) is 12.3. The van der Waals surface area contributed by atoms with Gasteiger partial charge in [-0.25, -0.2) is 4.79 Å². The van der Waals surface area contributed by atoms with Gasteiger partial charge >= 0.3 is 12.0 Å². The molecule has 4 atom stereocenters. The van der Waals surface area contributed by atoms with Crippen LogP contribution in [0.4, 0.5) is 4.79 Å². The van der Waals surface area contributed by atoms with Crippen LogP contribution in [0.5, 0.6) is 0 Å². The predicted molar refractivity (Wildman–Crippen MR) is 74.9 cm³/mol. The third-order valence-electron chi connectivity index (χ3n) is 4.31. The molecule has 0 spiro atoms. The van der Waals surface area contributed by atoms with Crippen LogP contribution in [0.25, 0.3) is 0 Å². The quantitative estimate of drug-likeness (QED) is 0.692. The molecule has 7 nitrogen and oxygen atoms in total. The molecule has 120 valence electrons. The van der Waals surface area contributed by atoms with Crippen molar-refractivity contribution in [2.75, 3.05) is 26.2 Å². The molecule has 1 saturated heterocycles. The van der Waals surface area contributed by atoms with E-state index in [4.69, 9.17) is 14.9 Å². The van der Waals surface area contributed by atoms with E-state index in [1.165, 1.54) is 0 Å². The summed E-state index contributed by atoms with van der Waals surface area (Å²) in [6.07, 6.45) is 1.98. The molecule has 0 bridgehead atoms. The summed E-state index contributed by atoms with van der Waals surface area (Å²) in [5.41, 5.74) is 0. The van der Waals surface area contributed by atoms with Crippen LogP contribution in [-0.4, -0.2) is 65.6 Å². The molecule has 2 aliphatic rings. The summed E-state index contributed by atoms with van der Waals surface area (Å²) in [4.78, 5) is 24.9. The standard InChI is InChI=1S/C14H24N2O5/c1-9-6-16(7-11(8-17)21-9)14(20)15-5-10-3-2-4-12(10)13(18)19/h9-12,17H,2-8H2,1H3,(H,15,20)(H,18,19). The molecular weight excluding hydrogens is 276 g/mol. The molecule has 4 unspecified atom stereocenters. The smallest absolute Gasteiger partial charge is 0.317 e. The number of hydrogen-bond acceptors (Lipinski definition) is 4. The second kappa shape index (κ2) is 7.09. The molecule has 1 heterocycles. The maximum absolute atomic E-state index is 12.2. The summed E-state index contributed by atoms with van der Waals surface area (Å²) in [5.74, 6) is -1.11. The number of ether oxygens (including phenoxy) is 1. The van der Waals surface area contributed by atoms with Gasteiger partial charge in [-0.1, -0.05) is 6.42 Å². The van der Waals surface area contributed by atoms with Crippen LogP contribution in [0.15, 0.2) is 0 Å². The maximum Gasteiger partial charge on any atom is 0.317 e. The van der Waals surface area contributed by atoms with Crippen LogP contribution in [-0.2, 0) is 9.53 Å². The fourth-order valence-corrected chi connectivity index (χ4v) is 3.25. The lowest BCUT2D eigenvalue weighted by Crippen LogP contribution is -2.53. The van der Waals surface area contributed by atoms with Crippen LogP contribution in [0.1, 0.15) is 26.2 Å². The lowest BCUT2D eigenvalue weighted by molar-refractivity contribution is -0.142. The van der Waals surface area contributed by atoms with Crippen molar-refractivity contribution in [3.8, 4) is 0 Å². The number of rotatable bonds is 4. The van der Waals surface area contributed by atoms with Crippen LogP contribution >= 0.6 is 0 Å². The summed E-state index contributed by atoms with van der Waals surface area (Å²) in [7, 11) is 0. The molecular formula is C14H24N2O5.